The Kier molecular flexibility index (Phi) is 13.6. The lowest BCUT2D eigenvalue weighted by Gasteiger charge is -2.46. The number of piperidine rings is 2. The van der Waals surface area contributed by atoms with Gasteiger partial charge in [-0.15, -0.1) is 4.98 Å². The van der Waals surface area contributed by atoms with Crippen LogP contribution < -0.4 is 20.1 Å². The second-order valence-corrected chi connectivity index (χ2v) is 15.9. The molecule has 10 heteroatoms. The molecule has 0 radical (unpaired) electrons. The Labute approximate surface area is 272 Å². The topological polar surface area (TPSA) is 120 Å². The van der Waals surface area contributed by atoms with Crippen molar-refractivity contribution in [1.82, 2.24) is 25.6 Å². The maximum absolute atomic E-state index is 12.4. The highest BCUT2D eigenvalue weighted by Crippen LogP contribution is 2.33. The van der Waals surface area contributed by atoms with Gasteiger partial charge in [0.25, 0.3) is 5.95 Å². The minimum Gasteiger partial charge on any atom is -0.461 e. The van der Waals surface area contributed by atoms with Crippen LogP contribution >= 0.6 is 0 Å². The van der Waals surface area contributed by atoms with Crippen LogP contribution in [-0.2, 0) is 9.53 Å². The van der Waals surface area contributed by atoms with Crippen molar-refractivity contribution >= 4 is 18.1 Å². The molecule has 1 aromatic heterocycles. The normalized spacial score (nSPS) is 21.1. The lowest BCUT2D eigenvalue weighted by Crippen LogP contribution is -2.60. The lowest BCUT2D eigenvalue weighted by atomic mass is 9.81. The van der Waals surface area contributed by atoms with Gasteiger partial charge >= 0.3 is 18.0 Å². The molecule has 2 N–H and O–H groups in total. The van der Waals surface area contributed by atoms with Crippen LogP contribution in [-0.4, -0.2) is 68.1 Å². The number of hydrogen-bond acceptors (Lipinski definition) is 10. The smallest absolute Gasteiger partial charge is 0.349 e. The van der Waals surface area contributed by atoms with Crippen molar-refractivity contribution in [3.8, 4) is 12.0 Å². The molecule has 1 aromatic rings. The summed E-state index contributed by atoms with van der Waals surface area (Å²) in [5.41, 5.74) is -0.428. The van der Waals surface area contributed by atoms with Crippen LogP contribution in [0.1, 0.15) is 152 Å². The van der Waals surface area contributed by atoms with Crippen molar-refractivity contribution in [2.45, 2.75) is 187 Å². The summed E-state index contributed by atoms with van der Waals surface area (Å²) >= 11 is 0. The van der Waals surface area contributed by atoms with Crippen LogP contribution in [0.25, 0.3) is 0 Å². The molecule has 0 amide bonds. The molecule has 10 nitrogen and oxygen atoms in total. The van der Waals surface area contributed by atoms with Gasteiger partial charge in [-0.2, -0.15) is 9.97 Å². The van der Waals surface area contributed by atoms with E-state index in [1.807, 2.05) is 0 Å². The van der Waals surface area contributed by atoms with E-state index in [4.69, 9.17) is 14.2 Å². The van der Waals surface area contributed by atoms with Gasteiger partial charge in [0.1, 0.15) is 18.4 Å². The molecule has 2 aliphatic heterocycles. The van der Waals surface area contributed by atoms with Gasteiger partial charge in [-0.05, 0) is 61.8 Å². The molecule has 2 fully saturated rings. The molecule has 3 rings (SSSR count). The Morgan fingerprint density at radius 1 is 0.689 bits per heavy atom. The van der Waals surface area contributed by atoms with Crippen LogP contribution in [0, 0.1) is 0 Å². The van der Waals surface area contributed by atoms with Crippen molar-refractivity contribution in [3.05, 3.63) is 0 Å². The van der Waals surface area contributed by atoms with E-state index < -0.39 is 5.97 Å². The van der Waals surface area contributed by atoms with Gasteiger partial charge in [-0.1, -0.05) is 64.7 Å². The van der Waals surface area contributed by atoms with E-state index in [1.165, 1.54) is 51.4 Å². The Balaban J connectivity index is 1.60. The summed E-state index contributed by atoms with van der Waals surface area (Å²) in [7, 11) is 0. The number of rotatable bonds is 17. The summed E-state index contributed by atoms with van der Waals surface area (Å²) in [6, 6.07) is 0.300. The molecule has 0 aliphatic carbocycles. The van der Waals surface area contributed by atoms with Crippen LogP contribution in [0.3, 0.4) is 0 Å². The number of ether oxygens (including phenoxy) is 3. The summed E-state index contributed by atoms with van der Waals surface area (Å²) < 4.78 is 18.1. The Hall–Kier alpha value is -2.33. The van der Waals surface area contributed by atoms with Crippen LogP contribution in [0.15, 0.2) is 4.99 Å². The van der Waals surface area contributed by atoms with Gasteiger partial charge in [0.2, 0.25) is 0 Å². The van der Waals surface area contributed by atoms with Gasteiger partial charge in [-0.25, -0.2) is 9.79 Å². The fourth-order valence-electron chi connectivity index (χ4n) is 7.32. The number of hydrogen-bond donors (Lipinski definition) is 2. The Bertz CT molecular complexity index is 1010. The monoisotopic (exact) mass is 630 g/mol. The molecule has 0 bridgehead atoms. The third-order valence-electron chi connectivity index (χ3n) is 8.46. The first-order valence-electron chi connectivity index (χ1n) is 17.4. The first-order valence-corrected chi connectivity index (χ1v) is 17.4. The molecule has 2 saturated heterocycles. The van der Waals surface area contributed by atoms with E-state index in [1.54, 1.807) is 0 Å². The fourth-order valence-corrected chi connectivity index (χ4v) is 7.32. The molecule has 0 atom stereocenters. The molecule has 3 heterocycles. The first-order chi connectivity index (χ1) is 21.1. The van der Waals surface area contributed by atoms with Gasteiger partial charge in [0.15, 0.2) is 0 Å². The number of nitrogens with zero attached hydrogens (tertiary/aromatic N) is 4. The Morgan fingerprint density at radius 3 is 1.51 bits per heavy atom. The van der Waals surface area contributed by atoms with Gasteiger partial charge < -0.3 is 24.8 Å². The molecule has 256 valence electrons. The van der Waals surface area contributed by atoms with Gasteiger partial charge in [0.05, 0.1) is 6.61 Å². The van der Waals surface area contributed by atoms with E-state index in [-0.39, 0.29) is 52.3 Å². The summed E-state index contributed by atoms with van der Waals surface area (Å²) in [5, 5.41) is 7.35. The maximum atomic E-state index is 12.4. The number of carbonyl (C=O) groups is 1. The van der Waals surface area contributed by atoms with E-state index in [0.29, 0.717) is 6.61 Å². The number of unbranched alkanes of at least 4 members (excludes halogenated alkanes) is 9. The van der Waals surface area contributed by atoms with Crippen molar-refractivity contribution in [3.63, 3.8) is 0 Å². The zero-order valence-corrected chi connectivity index (χ0v) is 29.8. The van der Waals surface area contributed by atoms with Gasteiger partial charge in [-0.3, -0.25) is 0 Å². The van der Waals surface area contributed by atoms with Crippen LogP contribution in [0.4, 0.5) is 5.95 Å². The number of aromatic nitrogens is 3. The predicted molar refractivity (Wildman–Crippen MR) is 181 cm³/mol. The average Bonchev–Trinajstić information content (AvgIpc) is 2.86. The van der Waals surface area contributed by atoms with E-state index in [2.05, 4.69) is 92.9 Å². The summed E-state index contributed by atoms with van der Waals surface area (Å²) in [6.45, 7) is 20.0. The zero-order chi connectivity index (χ0) is 33.1. The number of esters is 1. The molecule has 2 aliphatic rings. The third kappa shape index (κ3) is 14.3. The van der Waals surface area contributed by atoms with Crippen molar-refractivity contribution in [2.75, 3.05) is 6.61 Å². The van der Waals surface area contributed by atoms with Crippen molar-refractivity contribution < 1.29 is 19.0 Å². The highest BCUT2D eigenvalue weighted by Gasteiger charge is 2.40. The minimum atomic E-state index is -0.514. The largest absolute Gasteiger partial charge is 0.461 e. The minimum absolute atomic E-state index is 0.0609. The number of aliphatic imine (C=N–C) groups is 1. The van der Waals surface area contributed by atoms with E-state index >= 15 is 0 Å². The van der Waals surface area contributed by atoms with Crippen LogP contribution in [0.5, 0.6) is 12.0 Å². The molecule has 0 spiro atoms. The zero-order valence-electron chi connectivity index (χ0n) is 29.8. The molecule has 0 unspecified atom stereocenters. The average molecular weight is 631 g/mol. The summed E-state index contributed by atoms with van der Waals surface area (Å²) in [4.78, 5) is 30.1. The standard InChI is InChI=1S/C35H62N6O4/c1-10-11-12-13-14-15-16-17-18-19-20-43-28(42)25-36-29-37-30(44-26-21-32(2,3)40-33(4,5)22-26)39-31(38-29)45-27-23-34(6,7)41-35(8,9)24-27/h25-27,40-41H,10-24H2,1-9H3. The molecule has 0 aromatic carbocycles. The highest BCUT2D eigenvalue weighted by atomic mass is 16.5. The molecule has 0 saturated carbocycles. The van der Waals surface area contributed by atoms with Crippen molar-refractivity contribution in [2.24, 2.45) is 4.99 Å². The summed E-state index contributed by atoms with van der Waals surface area (Å²) in [5.74, 6) is -0.453. The fraction of sp³-hybridized carbons (Fsp3) is 0.857. The van der Waals surface area contributed by atoms with Gasteiger partial charge in [0, 0.05) is 47.8 Å². The SMILES string of the molecule is CCCCCCCCCCCCOC(=O)C=Nc1nc(OC2CC(C)(C)NC(C)(C)C2)nc(OC2CC(C)(C)NC(C)(C)C2)n1. The number of nitrogens with one attached hydrogen (secondary N) is 2. The lowest BCUT2D eigenvalue weighted by molar-refractivity contribution is -0.135. The molecular formula is C35H62N6O4. The molecular weight excluding hydrogens is 568 g/mol. The highest BCUT2D eigenvalue weighted by molar-refractivity contribution is 6.23. The maximum Gasteiger partial charge on any atom is 0.349 e. The molecule has 45 heavy (non-hydrogen) atoms. The number of carbonyl (C=O) groups excluding carboxylic acids is 1. The van der Waals surface area contributed by atoms with E-state index in [9.17, 15) is 4.79 Å². The quantitative estimate of drug-likeness (QED) is 0.103. The Morgan fingerprint density at radius 2 is 1.09 bits per heavy atom. The second kappa shape index (κ2) is 16.5. The van der Waals surface area contributed by atoms with E-state index in [0.717, 1.165) is 44.7 Å². The summed E-state index contributed by atoms with van der Waals surface area (Å²) in [6.07, 6.45) is 16.4. The van der Waals surface area contributed by atoms with Crippen LogP contribution in [0.2, 0.25) is 0 Å². The predicted octanol–water partition coefficient (Wildman–Crippen LogP) is 7.41. The first kappa shape index (κ1) is 37.1. The van der Waals surface area contributed by atoms with Crippen molar-refractivity contribution in [1.29, 1.82) is 0 Å². The second-order valence-electron chi connectivity index (χ2n) is 15.9. The third-order valence-corrected chi connectivity index (χ3v) is 8.46.